The Bertz CT molecular complexity index is 367. The molecule has 0 aliphatic carbocycles. The van der Waals surface area contributed by atoms with Crippen LogP contribution < -0.4 is 0 Å². The van der Waals surface area contributed by atoms with E-state index in [1.165, 1.54) is 0 Å². The second-order valence-corrected chi connectivity index (χ2v) is 6.15. The van der Waals surface area contributed by atoms with Gasteiger partial charge in [-0.1, -0.05) is 26.8 Å². The zero-order chi connectivity index (χ0) is 12.6. The van der Waals surface area contributed by atoms with Crippen molar-refractivity contribution < 1.29 is 10.2 Å². The Kier molecular flexibility index (Phi) is 3.34. The van der Waals surface area contributed by atoms with E-state index in [4.69, 9.17) is 0 Å². The number of hydrogen-bond donors (Lipinski definition) is 2. The fraction of sp³-hybridized carbons (Fsp3) is 0.571. The lowest BCUT2D eigenvalue weighted by molar-refractivity contribution is 0.0757. The van der Waals surface area contributed by atoms with E-state index < -0.39 is 5.60 Å². The maximum absolute atomic E-state index is 9.93. The van der Waals surface area contributed by atoms with Gasteiger partial charge in [-0.15, -0.1) is 0 Å². The van der Waals surface area contributed by atoms with Crippen LogP contribution in [0.3, 0.4) is 0 Å². The Morgan fingerprint density at radius 1 is 1.06 bits per heavy atom. The standard InChI is InChI=1S/C14H22O2/c1-13(2,3)9-10-6-7-12(15)11(8-10)14(4,5)16/h6-8,15-16H,9H2,1-5H3. The van der Waals surface area contributed by atoms with Crippen LogP contribution in [0.1, 0.15) is 45.7 Å². The Morgan fingerprint density at radius 2 is 1.62 bits per heavy atom. The van der Waals surface area contributed by atoms with Crippen LogP contribution in [0, 0.1) is 5.41 Å². The van der Waals surface area contributed by atoms with E-state index in [9.17, 15) is 10.2 Å². The monoisotopic (exact) mass is 222 g/mol. The summed E-state index contributed by atoms with van der Waals surface area (Å²) in [6.07, 6.45) is 0.927. The molecule has 0 radical (unpaired) electrons. The number of phenolic OH excluding ortho intramolecular Hbond substituents is 1. The fourth-order valence-electron chi connectivity index (χ4n) is 1.80. The van der Waals surface area contributed by atoms with Crippen LogP contribution in [0.25, 0.3) is 0 Å². The minimum Gasteiger partial charge on any atom is -0.508 e. The van der Waals surface area contributed by atoms with Crippen molar-refractivity contribution in [2.75, 3.05) is 0 Å². The molecule has 16 heavy (non-hydrogen) atoms. The van der Waals surface area contributed by atoms with Gasteiger partial charge in [0.1, 0.15) is 5.75 Å². The molecular formula is C14H22O2. The SMILES string of the molecule is CC(C)(C)Cc1ccc(O)c(C(C)(C)O)c1. The normalized spacial score (nSPS) is 12.9. The maximum Gasteiger partial charge on any atom is 0.121 e. The zero-order valence-corrected chi connectivity index (χ0v) is 10.8. The molecule has 0 aliphatic heterocycles. The lowest BCUT2D eigenvalue weighted by atomic mass is 9.86. The molecule has 90 valence electrons. The van der Waals surface area contributed by atoms with E-state index >= 15 is 0 Å². The molecule has 0 saturated carbocycles. The molecular weight excluding hydrogens is 200 g/mol. The maximum atomic E-state index is 9.93. The number of aliphatic hydroxyl groups is 1. The van der Waals surface area contributed by atoms with Crippen LogP contribution in [0.5, 0.6) is 5.75 Å². The Balaban J connectivity index is 3.09. The van der Waals surface area contributed by atoms with Crippen LogP contribution in [-0.2, 0) is 12.0 Å². The number of phenols is 1. The third-order valence-corrected chi connectivity index (χ3v) is 2.45. The quantitative estimate of drug-likeness (QED) is 0.806. The number of aromatic hydroxyl groups is 1. The summed E-state index contributed by atoms with van der Waals surface area (Å²) in [5, 5.41) is 19.6. The molecule has 1 aromatic rings. The summed E-state index contributed by atoms with van der Waals surface area (Å²) >= 11 is 0. The van der Waals surface area contributed by atoms with Gasteiger partial charge in [-0.2, -0.15) is 0 Å². The van der Waals surface area contributed by atoms with Crippen molar-refractivity contribution in [1.82, 2.24) is 0 Å². The first-order valence-corrected chi connectivity index (χ1v) is 5.64. The highest BCUT2D eigenvalue weighted by molar-refractivity contribution is 5.39. The lowest BCUT2D eigenvalue weighted by Crippen LogP contribution is -2.17. The van der Waals surface area contributed by atoms with Gasteiger partial charge in [0.05, 0.1) is 5.60 Å². The largest absolute Gasteiger partial charge is 0.508 e. The second kappa shape index (κ2) is 4.10. The van der Waals surface area contributed by atoms with Crippen LogP contribution in [0.15, 0.2) is 18.2 Å². The fourth-order valence-corrected chi connectivity index (χ4v) is 1.80. The summed E-state index contributed by atoms with van der Waals surface area (Å²) in [7, 11) is 0. The highest BCUT2D eigenvalue weighted by Gasteiger charge is 2.21. The predicted octanol–water partition coefficient (Wildman–Crippen LogP) is 3.21. The molecule has 0 bridgehead atoms. The van der Waals surface area contributed by atoms with Crippen molar-refractivity contribution in [3.63, 3.8) is 0 Å². The molecule has 0 aromatic heterocycles. The zero-order valence-electron chi connectivity index (χ0n) is 10.8. The van der Waals surface area contributed by atoms with Crippen LogP contribution in [-0.4, -0.2) is 10.2 Å². The number of hydrogen-bond acceptors (Lipinski definition) is 2. The minimum absolute atomic E-state index is 0.158. The average Bonchev–Trinajstić information content (AvgIpc) is 2.04. The molecule has 2 N–H and O–H groups in total. The minimum atomic E-state index is -1.00. The first-order valence-electron chi connectivity index (χ1n) is 5.64. The van der Waals surface area contributed by atoms with E-state index in [0.717, 1.165) is 12.0 Å². The molecule has 0 saturated heterocycles. The van der Waals surface area contributed by atoms with Crippen molar-refractivity contribution in [3.8, 4) is 5.75 Å². The summed E-state index contributed by atoms with van der Waals surface area (Å²) in [5.41, 5.74) is 0.933. The van der Waals surface area contributed by atoms with Crippen molar-refractivity contribution >= 4 is 0 Å². The molecule has 0 spiro atoms. The molecule has 0 aliphatic rings. The molecule has 2 nitrogen and oxygen atoms in total. The van der Waals surface area contributed by atoms with Crippen molar-refractivity contribution in [1.29, 1.82) is 0 Å². The van der Waals surface area contributed by atoms with Gasteiger partial charge in [0.2, 0.25) is 0 Å². The van der Waals surface area contributed by atoms with Crippen molar-refractivity contribution in [2.45, 2.75) is 46.6 Å². The summed E-state index contributed by atoms with van der Waals surface area (Å²) in [6.45, 7) is 9.88. The molecule has 1 aromatic carbocycles. The third kappa shape index (κ3) is 3.53. The van der Waals surface area contributed by atoms with Gasteiger partial charge in [0.25, 0.3) is 0 Å². The molecule has 0 fully saturated rings. The Hall–Kier alpha value is -1.02. The first-order chi connectivity index (χ1) is 7.09. The molecule has 2 heteroatoms. The molecule has 0 atom stereocenters. The van der Waals surface area contributed by atoms with Crippen LogP contribution >= 0.6 is 0 Å². The van der Waals surface area contributed by atoms with E-state index in [2.05, 4.69) is 20.8 Å². The van der Waals surface area contributed by atoms with Gasteiger partial charge >= 0.3 is 0 Å². The van der Waals surface area contributed by atoms with Crippen LogP contribution in [0.4, 0.5) is 0 Å². The van der Waals surface area contributed by atoms with Gasteiger partial charge in [-0.3, -0.25) is 0 Å². The summed E-state index contributed by atoms with van der Waals surface area (Å²) in [6, 6.07) is 5.46. The van der Waals surface area contributed by atoms with Gasteiger partial charge in [0, 0.05) is 5.56 Å². The number of rotatable bonds is 2. The van der Waals surface area contributed by atoms with E-state index in [-0.39, 0.29) is 11.2 Å². The second-order valence-electron chi connectivity index (χ2n) is 6.15. The number of benzene rings is 1. The van der Waals surface area contributed by atoms with Crippen molar-refractivity contribution in [3.05, 3.63) is 29.3 Å². The van der Waals surface area contributed by atoms with E-state index in [1.807, 2.05) is 12.1 Å². The van der Waals surface area contributed by atoms with Gasteiger partial charge < -0.3 is 10.2 Å². The highest BCUT2D eigenvalue weighted by Crippen LogP contribution is 2.31. The summed E-state index contributed by atoms with van der Waals surface area (Å²) < 4.78 is 0. The molecule has 0 heterocycles. The van der Waals surface area contributed by atoms with Gasteiger partial charge in [-0.05, 0) is 43.4 Å². The summed E-state index contributed by atoms with van der Waals surface area (Å²) in [4.78, 5) is 0. The average molecular weight is 222 g/mol. The Labute approximate surface area is 97.9 Å². The highest BCUT2D eigenvalue weighted by atomic mass is 16.3. The molecule has 1 rings (SSSR count). The Morgan fingerprint density at radius 3 is 2.06 bits per heavy atom. The van der Waals surface area contributed by atoms with Gasteiger partial charge in [-0.25, -0.2) is 0 Å². The lowest BCUT2D eigenvalue weighted by Gasteiger charge is -2.23. The van der Waals surface area contributed by atoms with Crippen molar-refractivity contribution in [2.24, 2.45) is 5.41 Å². The topological polar surface area (TPSA) is 40.5 Å². The van der Waals surface area contributed by atoms with E-state index in [0.29, 0.717) is 5.56 Å². The van der Waals surface area contributed by atoms with Crippen LogP contribution in [0.2, 0.25) is 0 Å². The van der Waals surface area contributed by atoms with Gasteiger partial charge in [0.15, 0.2) is 0 Å². The third-order valence-electron chi connectivity index (χ3n) is 2.45. The predicted molar refractivity (Wildman–Crippen MR) is 66.5 cm³/mol. The smallest absolute Gasteiger partial charge is 0.121 e. The molecule has 0 unspecified atom stereocenters. The summed E-state index contributed by atoms with van der Waals surface area (Å²) in [5.74, 6) is 0.158. The first kappa shape index (κ1) is 13.0. The van der Waals surface area contributed by atoms with E-state index in [1.54, 1.807) is 19.9 Å². The molecule has 0 amide bonds.